The number of hydrogen-bond donors (Lipinski definition) is 1. The molecule has 20 heavy (non-hydrogen) atoms. The summed E-state index contributed by atoms with van der Waals surface area (Å²) >= 11 is 5.91. The van der Waals surface area contributed by atoms with Crippen LogP contribution in [0, 0.1) is 0 Å². The van der Waals surface area contributed by atoms with Crippen molar-refractivity contribution in [3.05, 3.63) is 58.9 Å². The van der Waals surface area contributed by atoms with Crippen LogP contribution in [0.4, 0.5) is 0 Å². The highest BCUT2D eigenvalue weighted by Gasteiger charge is 2.10. The fraction of sp³-hybridized carbons (Fsp3) is 0.412. The molecule has 2 rings (SSSR count). The standard InChI is InChI=1S/C17H23ClN2/c1-3-5-17(19-4-2)15-10-11-20(13-15)12-14-6-8-16(18)9-7-14/h6-11,13,17,19H,3-5,12H2,1-2H3. The Morgan fingerprint density at radius 1 is 1.15 bits per heavy atom. The van der Waals surface area contributed by atoms with Gasteiger partial charge < -0.3 is 9.88 Å². The average Bonchev–Trinajstić information content (AvgIpc) is 2.90. The van der Waals surface area contributed by atoms with Crippen LogP contribution in [0.3, 0.4) is 0 Å². The van der Waals surface area contributed by atoms with Crippen molar-refractivity contribution in [3.8, 4) is 0 Å². The number of rotatable bonds is 7. The quantitative estimate of drug-likeness (QED) is 0.786. The molecule has 108 valence electrons. The lowest BCUT2D eigenvalue weighted by Gasteiger charge is -2.15. The molecule has 0 amide bonds. The Balaban J connectivity index is 2.05. The van der Waals surface area contributed by atoms with Gasteiger partial charge in [0.15, 0.2) is 0 Å². The Morgan fingerprint density at radius 3 is 2.55 bits per heavy atom. The summed E-state index contributed by atoms with van der Waals surface area (Å²) < 4.78 is 2.23. The van der Waals surface area contributed by atoms with Crippen LogP contribution in [-0.4, -0.2) is 11.1 Å². The number of nitrogens with zero attached hydrogens (tertiary/aromatic N) is 1. The van der Waals surface area contributed by atoms with Gasteiger partial charge in [-0.1, -0.05) is 44.0 Å². The lowest BCUT2D eigenvalue weighted by Crippen LogP contribution is -2.20. The molecule has 1 atom stereocenters. The molecule has 0 fully saturated rings. The molecular weight excluding hydrogens is 268 g/mol. The number of aromatic nitrogens is 1. The van der Waals surface area contributed by atoms with E-state index in [1.807, 2.05) is 12.1 Å². The average molecular weight is 291 g/mol. The summed E-state index contributed by atoms with van der Waals surface area (Å²) in [6.45, 7) is 6.29. The minimum absolute atomic E-state index is 0.469. The number of benzene rings is 1. The van der Waals surface area contributed by atoms with Crippen molar-refractivity contribution in [2.75, 3.05) is 6.54 Å². The van der Waals surface area contributed by atoms with Crippen molar-refractivity contribution >= 4 is 11.6 Å². The molecule has 2 aromatic rings. The molecule has 0 spiro atoms. The monoisotopic (exact) mass is 290 g/mol. The molecule has 1 unspecified atom stereocenters. The van der Waals surface area contributed by atoms with Gasteiger partial charge in [0.05, 0.1) is 0 Å². The van der Waals surface area contributed by atoms with Crippen LogP contribution in [0.2, 0.25) is 5.02 Å². The minimum atomic E-state index is 0.469. The molecule has 3 heteroatoms. The highest BCUT2D eigenvalue weighted by atomic mass is 35.5. The predicted molar refractivity (Wildman–Crippen MR) is 86.3 cm³/mol. The van der Waals surface area contributed by atoms with Crippen LogP contribution in [-0.2, 0) is 6.54 Å². The molecule has 0 saturated heterocycles. The lowest BCUT2D eigenvalue weighted by atomic mass is 10.1. The molecule has 0 bridgehead atoms. The second-order valence-corrected chi connectivity index (χ2v) is 5.58. The van der Waals surface area contributed by atoms with Gasteiger partial charge in [-0.25, -0.2) is 0 Å². The zero-order valence-corrected chi connectivity index (χ0v) is 13.0. The van der Waals surface area contributed by atoms with Crippen molar-refractivity contribution in [3.63, 3.8) is 0 Å². The van der Waals surface area contributed by atoms with Gasteiger partial charge in [0.2, 0.25) is 0 Å². The van der Waals surface area contributed by atoms with E-state index in [2.05, 4.69) is 54.3 Å². The summed E-state index contributed by atoms with van der Waals surface area (Å²) in [5.74, 6) is 0. The SMILES string of the molecule is CCCC(NCC)c1ccn(Cc2ccc(Cl)cc2)c1. The van der Waals surface area contributed by atoms with Gasteiger partial charge in [-0.2, -0.15) is 0 Å². The first-order valence-corrected chi connectivity index (χ1v) is 7.74. The summed E-state index contributed by atoms with van der Waals surface area (Å²) in [5, 5.41) is 4.34. The number of halogens is 1. The van der Waals surface area contributed by atoms with Crippen molar-refractivity contribution in [2.45, 2.75) is 39.3 Å². The Hall–Kier alpha value is -1.25. The third-order valence-corrected chi connectivity index (χ3v) is 3.73. The van der Waals surface area contributed by atoms with Crippen LogP contribution in [0.15, 0.2) is 42.7 Å². The van der Waals surface area contributed by atoms with E-state index < -0.39 is 0 Å². The Kier molecular flexibility index (Phi) is 5.69. The molecule has 2 nitrogen and oxygen atoms in total. The molecule has 0 aliphatic heterocycles. The zero-order valence-electron chi connectivity index (χ0n) is 12.3. The van der Waals surface area contributed by atoms with Crippen molar-refractivity contribution < 1.29 is 0 Å². The van der Waals surface area contributed by atoms with E-state index in [1.54, 1.807) is 0 Å². The van der Waals surface area contributed by atoms with Gasteiger partial charge in [0, 0.05) is 30.0 Å². The second-order valence-electron chi connectivity index (χ2n) is 5.14. The van der Waals surface area contributed by atoms with Crippen molar-refractivity contribution in [1.82, 2.24) is 9.88 Å². The van der Waals surface area contributed by atoms with Gasteiger partial charge in [-0.15, -0.1) is 0 Å². The molecule has 1 heterocycles. The Bertz CT molecular complexity index is 510. The summed E-state index contributed by atoms with van der Waals surface area (Å²) in [6.07, 6.45) is 6.78. The number of hydrogen-bond acceptors (Lipinski definition) is 1. The van der Waals surface area contributed by atoms with Crippen LogP contribution >= 0.6 is 11.6 Å². The summed E-state index contributed by atoms with van der Waals surface area (Å²) in [5.41, 5.74) is 2.65. The summed E-state index contributed by atoms with van der Waals surface area (Å²) in [4.78, 5) is 0. The fourth-order valence-corrected chi connectivity index (χ4v) is 2.61. The van der Waals surface area contributed by atoms with E-state index in [0.717, 1.165) is 18.1 Å². The molecule has 1 N–H and O–H groups in total. The maximum absolute atomic E-state index is 5.91. The van der Waals surface area contributed by atoms with Gasteiger partial charge in [-0.3, -0.25) is 0 Å². The predicted octanol–water partition coefficient (Wildman–Crippen LogP) is 4.64. The first-order valence-electron chi connectivity index (χ1n) is 7.36. The highest BCUT2D eigenvalue weighted by molar-refractivity contribution is 6.30. The first-order chi connectivity index (χ1) is 9.72. The van der Waals surface area contributed by atoms with Gasteiger partial charge in [0.25, 0.3) is 0 Å². The van der Waals surface area contributed by atoms with Crippen LogP contribution < -0.4 is 5.32 Å². The largest absolute Gasteiger partial charge is 0.350 e. The molecule has 0 aliphatic carbocycles. The molecular formula is C17H23ClN2. The van der Waals surface area contributed by atoms with Crippen LogP contribution in [0.25, 0.3) is 0 Å². The maximum Gasteiger partial charge on any atom is 0.0470 e. The van der Waals surface area contributed by atoms with Gasteiger partial charge >= 0.3 is 0 Å². The highest BCUT2D eigenvalue weighted by Crippen LogP contribution is 2.19. The molecule has 0 radical (unpaired) electrons. The van der Waals surface area contributed by atoms with E-state index in [9.17, 15) is 0 Å². The minimum Gasteiger partial charge on any atom is -0.350 e. The van der Waals surface area contributed by atoms with Gasteiger partial charge in [0.1, 0.15) is 0 Å². The van der Waals surface area contributed by atoms with Gasteiger partial charge in [-0.05, 0) is 42.3 Å². The summed E-state index contributed by atoms with van der Waals surface area (Å²) in [6, 6.07) is 10.7. The van der Waals surface area contributed by atoms with E-state index >= 15 is 0 Å². The number of nitrogens with one attached hydrogen (secondary N) is 1. The maximum atomic E-state index is 5.91. The third-order valence-electron chi connectivity index (χ3n) is 3.48. The molecule has 0 aliphatic rings. The Morgan fingerprint density at radius 2 is 1.90 bits per heavy atom. The Labute approximate surface area is 126 Å². The lowest BCUT2D eigenvalue weighted by molar-refractivity contribution is 0.508. The molecule has 1 aromatic heterocycles. The second kappa shape index (κ2) is 7.51. The van der Waals surface area contributed by atoms with Crippen molar-refractivity contribution in [1.29, 1.82) is 0 Å². The topological polar surface area (TPSA) is 17.0 Å². The van der Waals surface area contributed by atoms with Crippen LogP contribution in [0.1, 0.15) is 43.9 Å². The first kappa shape index (κ1) is 15.1. The third kappa shape index (κ3) is 4.12. The zero-order chi connectivity index (χ0) is 14.4. The smallest absolute Gasteiger partial charge is 0.0470 e. The molecule has 0 saturated carbocycles. The molecule has 1 aromatic carbocycles. The van der Waals surface area contributed by atoms with Crippen molar-refractivity contribution in [2.24, 2.45) is 0 Å². The van der Waals surface area contributed by atoms with E-state index in [1.165, 1.54) is 24.0 Å². The summed E-state index contributed by atoms with van der Waals surface area (Å²) in [7, 11) is 0. The van der Waals surface area contributed by atoms with Crippen LogP contribution in [0.5, 0.6) is 0 Å². The van der Waals surface area contributed by atoms with E-state index in [0.29, 0.717) is 6.04 Å². The van der Waals surface area contributed by atoms with E-state index in [-0.39, 0.29) is 0 Å². The fourth-order valence-electron chi connectivity index (χ4n) is 2.49. The normalized spacial score (nSPS) is 12.6. The van der Waals surface area contributed by atoms with E-state index in [4.69, 9.17) is 11.6 Å².